The van der Waals surface area contributed by atoms with Gasteiger partial charge in [0.15, 0.2) is 0 Å². The van der Waals surface area contributed by atoms with Crippen LogP contribution in [-0.2, 0) is 10.0 Å². The monoisotopic (exact) mass is 265 g/mol. The number of halogens is 1. The number of hydrogen-bond acceptors (Lipinski definition) is 4. The van der Waals surface area contributed by atoms with Crippen LogP contribution >= 0.6 is 11.6 Å². The highest BCUT2D eigenvalue weighted by Gasteiger charge is 2.20. The van der Waals surface area contributed by atoms with Crippen molar-refractivity contribution in [1.29, 1.82) is 0 Å². The predicted octanol–water partition coefficient (Wildman–Crippen LogP) is 0.694. The molecule has 1 rings (SSSR count). The average molecular weight is 266 g/mol. The van der Waals surface area contributed by atoms with E-state index in [1.54, 1.807) is 0 Å². The standard InChI is InChI=1S/C8H8ClNO5S/c1-15-6-3-5(9)7(16(10,13)14)2-4(6)8(11)12/h2-3H,1H3,(H,11,12)(H2,10,13,14). The molecule has 0 fully saturated rings. The highest BCUT2D eigenvalue weighted by atomic mass is 35.5. The van der Waals surface area contributed by atoms with Crippen LogP contribution in [0.1, 0.15) is 10.4 Å². The summed E-state index contributed by atoms with van der Waals surface area (Å²) in [5, 5.41) is 13.5. The van der Waals surface area contributed by atoms with Gasteiger partial charge in [-0.1, -0.05) is 11.6 Å². The van der Waals surface area contributed by atoms with Gasteiger partial charge in [-0.2, -0.15) is 0 Å². The zero-order valence-corrected chi connectivity index (χ0v) is 9.67. The van der Waals surface area contributed by atoms with Crippen molar-refractivity contribution in [3.8, 4) is 5.75 Å². The molecule has 8 heteroatoms. The molecule has 0 aliphatic heterocycles. The maximum Gasteiger partial charge on any atom is 0.339 e. The molecule has 0 saturated heterocycles. The van der Waals surface area contributed by atoms with Crippen molar-refractivity contribution >= 4 is 27.6 Å². The van der Waals surface area contributed by atoms with Crippen LogP contribution < -0.4 is 9.88 Å². The molecule has 1 aromatic rings. The third kappa shape index (κ3) is 2.43. The van der Waals surface area contributed by atoms with Gasteiger partial charge >= 0.3 is 5.97 Å². The summed E-state index contributed by atoms with van der Waals surface area (Å²) in [5.74, 6) is -1.37. The molecule has 3 N–H and O–H groups in total. The normalized spacial score (nSPS) is 11.2. The first-order valence-corrected chi connectivity index (χ1v) is 5.83. The molecular formula is C8H8ClNO5S. The maximum absolute atomic E-state index is 11.1. The van der Waals surface area contributed by atoms with E-state index in [1.165, 1.54) is 7.11 Å². The molecule has 0 atom stereocenters. The number of aromatic carboxylic acids is 1. The van der Waals surface area contributed by atoms with E-state index in [-0.39, 0.29) is 16.3 Å². The summed E-state index contributed by atoms with van der Waals surface area (Å²) in [5.41, 5.74) is -0.323. The Morgan fingerprint density at radius 3 is 2.44 bits per heavy atom. The van der Waals surface area contributed by atoms with E-state index in [4.69, 9.17) is 26.6 Å². The molecule has 16 heavy (non-hydrogen) atoms. The van der Waals surface area contributed by atoms with E-state index < -0.39 is 20.9 Å². The average Bonchev–Trinajstić information content (AvgIpc) is 2.14. The second-order valence-electron chi connectivity index (χ2n) is 2.83. The van der Waals surface area contributed by atoms with Crippen LogP contribution in [0.2, 0.25) is 5.02 Å². The third-order valence-corrected chi connectivity index (χ3v) is 3.17. The number of carbonyl (C=O) groups is 1. The molecule has 0 heterocycles. The topological polar surface area (TPSA) is 107 Å². The first kappa shape index (κ1) is 12.8. The highest BCUT2D eigenvalue weighted by Crippen LogP contribution is 2.29. The Bertz CT molecular complexity index is 540. The summed E-state index contributed by atoms with van der Waals surface area (Å²) in [4.78, 5) is 10.4. The molecule has 0 aromatic heterocycles. The summed E-state index contributed by atoms with van der Waals surface area (Å²) in [6.07, 6.45) is 0. The molecule has 0 saturated carbocycles. The van der Waals surface area contributed by atoms with Crippen LogP contribution in [0.3, 0.4) is 0 Å². The predicted molar refractivity (Wildman–Crippen MR) is 56.3 cm³/mol. The minimum absolute atomic E-state index is 0.0371. The van der Waals surface area contributed by atoms with Gasteiger partial charge in [0.05, 0.1) is 12.1 Å². The molecule has 6 nitrogen and oxygen atoms in total. The van der Waals surface area contributed by atoms with Crippen LogP contribution in [0, 0.1) is 0 Å². The Hall–Kier alpha value is -1.31. The number of carboxylic acids is 1. The molecule has 0 radical (unpaired) electrons. The van der Waals surface area contributed by atoms with E-state index in [0.29, 0.717) is 0 Å². The van der Waals surface area contributed by atoms with Crippen LogP contribution in [0.15, 0.2) is 17.0 Å². The Morgan fingerprint density at radius 1 is 1.50 bits per heavy atom. The number of rotatable bonds is 3. The Morgan fingerprint density at radius 2 is 2.06 bits per heavy atom. The van der Waals surface area contributed by atoms with Crippen LogP contribution in [0.4, 0.5) is 0 Å². The van der Waals surface area contributed by atoms with Gasteiger partial charge in [0, 0.05) is 6.07 Å². The van der Waals surface area contributed by atoms with Gasteiger partial charge in [0.2, 0.25) is 10.0 Å². The van der Waals surface area contributed by atoms with E-state index in [0.717, 1.165) is 12.1 Å². The number of benzene rings is 1. The fourth-order valence-electron chi connectivity index (χ4n) is 1.09. The van der Waals surface area contributed by atoms with Gasteiger partial charge in [-0.25, -0.2) is 18.4 Å². The van der Waals surface area contributed by atoms with Crippen molar-refractivity contribution in [2.75, 3.05) is 7.11 Å². The van der Waals surface area contributed by atoms with Crippen LogP contribution in [0.25, 0.3) is 0 Å². The first-order chi connectivity index (χ1) is 7.27. The fraction of sp³-hybridized carbons (Fsp3) is 0.125. The molecule has 0 bridgehead atoms. The van der Waals surface area contributed by atoms with Gasteiger partial charge in [0.25, 0.3) is 0 Å². The van der Waals surface area contributed by atoms with Crippen LogP contribution in [-0.4, -0.2) is 26.6 Å². The summed E-state index contributed by atoms with van der Waals surface area (Å²) < 4.78 is 26.9. The van der Waals surface area contributed by atoms with E-state index in [1.807, 2.05) is 0 Å². The molecule has 88 valence electrons. The molecule has 0 aliphatic carbocycles. The number of sulfonamides is 1. The summed E-state index contributed by atoms with van der Waals surface area (Å²) in [6, 6.07) is 1.95. The lowest BCUT2D eigenvalue weighted by Gasteiger charge is -2.08. The third-order valence-electron chi connectivity index (χ3n) is 1.79. The van der Waals surface area contributed by atoms with Crippen molar-refractivity contribution in [3.05, 3.63) is 22.7 Å². The number of hydrogen-bond donors (Lipinski definition) is 2. The Balaban J connectivity index is 3.58. The van der Waals surface area contributed by atoms with Gasteiger partial charge in [0.1, 0.15) is 16.2 Å². The number of nitrogens with two attached hydrogens (primary N) is 1. The summed E-state index contributed by atoms with van der Waals surface area (Å²) in [7, 11) is -2.82. The minimum Gasteiger partial charge on any atom is -0.496 e. The van der Waals surface area contributed by atoms with Gasteiger partial charge in [-0.15, -0.1) is 0 Å². The van der Waals surface area contributed by atoms with Crippen molar-refractivity contribution in [3.63, 3.8) is 0 Å². The maximum atomic E-state index is 11.1. The highest BCUT2D eigenvalue weighted by molar-refractivity contribution is 7.89. The van der Waals surface area contributed by atoms with Crippen molar-refractivity contribution < 1.29 is 23.1 Å². The lowest BCUT2D eigenvalue weighted by Crippen LogP contribution is -2.14. The lowest BCUT2D eigenvalue weighted by atomic mass is 10.2. The Kier molecular flexibility index (Phi) is 3.41. The lowest BCUT2D eigenvalue weighted by molar-refractivity contribution is 0.0693. The second kappa shape index (κ2) is 4.28. The van der Waals surface area contributed by atoms with Crippen molar-refractivity contribution in [2.24, 2.45) is 5.14 Å². The number of methoxy groups -OCH3 is 1. The summed E-state index contributed by atoms with van der Waals surface area (Å²) >= 11 is 5.64. The molecule has 1 aromatic carbocycles. The number of primary sulfonamides is 1. The van der Waals surface area contributed by atoms with Crippen LogP contribution in [0.5, 0.6) is 5.75 Å². The van der Waals surface area contributed by atoms with Gasteiger partial charge in [-0.3, -0.25) is 0 Å². The zero-order valence-electron chi connectivity index (χ0n) is 8.10. The van der Waals surface area contributed by atoms with Crippen molar-refractivity contribution in [2.45, 2.75) is 4.90 Å². The summed E-state index contributed by atoms with van der Waals surface area (Å²) in [6.45, 7) is 0. The zero-order chi connectivity index (χ0) is 12.5. The fourth-order valence-corrected chi connectivity index (χ4v) is 2.18. The molecule has 0 aliphatic rings. The molecule has 0 unspecified atom stereocenters. The number of carboxylic acid groups (broad SMARTS) is 1. The molecule has 0 spiro atoms. The smallest absolute Gasteiger partial charge is 0.339 e. The SMILES string of the molecule is COc1cc(Cl)c(S(N)(=O)=O)cc1C(=O)O. The molecular weight excluding hydrogens is 258 g/mol. The minimum atomic E-state index is -4.07. The number of ether oxygens (including phenoxy) is 1. The van der Waals surface area contributed by atoms with Crippen molar-refractivity contribution in [1.82, 2.24) is 0 Å². The van der Waals surface area contributed by atoms with Gasteiger partial charge in [-0.05, 0) is 6.07 Å². The largest absolute Gasteiger partial charge is 0.496 e. The second-order valence-corrected chi connectivity index (χ2v) is 4.77. The van der Waals surface area contributed by atoms with E-state index >= 15 is 0 Å². The van der Waals surface area contributed by atoms with E-state index in [2.05, 4.69) is 0 Å². The van der Waals surface area contributed by atoms with Gasteiger partial charge < -0.3 is 9.84 Å². The quantitative estimate of drug-likeness (QED) is 0.836. The molecule has 0 amide bonds. The first-order valence-electron chi connectivity index (χ1n) is 3.91. The van der Waals surface area contributed by atoms with E-state index in [9.17, 15) is 13.2 Å². The Labute approximate surface area is 96.6 Å².